The number of amides is 1. The lowest BCUT2D eigenvalue weighted by atomic mass is 9.78. The molecular weight excluding hydrogens is 426 g/mol. The number of alkyl carbamates (subject to hydrolysis) is 1. The molecule has 0 aliphatic heterocycles. The molecule has 0 heterocycles. The number of hydrogen-bond acceptors (Lipinski definition) is 3. The molecule has 5 nitrogen and oxygen atoms in total. The lowest BCUT2D eigenvalue weighted by Crippen LogP contribution is -2.58. The Bertz CT molecular complexity index is 1180. The standard InChI is InChI=1S/C26H22ClNO4/c27-18-10-9-17-14-26(24(29)30,12-11-16(17)13-18)28-25(31)32-15-23-21-7-3-1-5-19(21)20-6-2-4-8-22(20)23/h1-10,13,23H,11-12,14-15H2,(H,28,31)(H,29,30). The summed E-state index contributed by atoms with van der Waals surface area (Å²) in [5, 5.41) is 13.2. The van der Waals surface area contributed by atoms with Crippen LogP contribution in [0.3, 0.4) is 0 Å². The first-order valence-corrected chi connectivity index (χ1v) is 11.0. The zero-order valence-corrected chi connectivity index (χ0v) is 18.1. The third kappa shape index (κ3) is 3.53. The van der Waals surface area contributed by atoms with E-state index in [1.807, 2.05) is 48.5 Å². The molecule has 3 aromatic carbocycles. The molecule has 5 rings (SSSR count). The molecule has 2 aliphatic carbocycles. The van der Waals surface area contributed by atoms with E-state index in [0.717, 1.165) is 33.4 Å². The molecule has 162 valence electrons. The van der Waals surface area contributed by atoms with Crippen LogP contribution in [-0.2, 0) is 22.4 Å². The summed E-state index contributed by atoms with van der Waals surface area (Å²) >= 11 is 6.06. The largest absolute Gasteiger partial charge is 0.479 e. The number of carboxylic acids is 1. The Morgan fingerprint density at radius 3 is 2.31 bits per heavy atom. The van der Waals surface area contributed by atoms with Gasteiger partial charge in [-0.3, -0.25) is 0 Å². The van der Waals surface area contributed by atoms with Gasteiger partial charge in [0.05, 0.1) is 0 Å². The smallest absolute Gasteiger partial charge is 0.408 e. The SMILES string of the molecule is O=C(NC1(C(=O)O)CCc2cc(Cl)ccc2C1)OCC1c2ccccc2-c2ccccc21. The highest BCUT2D eigenvalue weighted by molar-refractivity contribution is 6.30. The maximum absolute atomic E-state index is 12.7. The maximum atomic E-state index is 12.7. The number of halogens is 1. The molecule has 3 aromatic rings. The maximum Gasteiger partial charge on any atom is 0.408 e. The van der Waals surface area contributed by atoms with Crippen molar-refractivity contribution >= 4 is 23.7 Å². The van der Waals surface area contributed by atoms with Crippen molar-refractivity contribution in [1.82, 2.24) is 5.32 Å². The number of hydrogen-bond donors (Lipinski definition) is 2. The fourth-order valence-electron chi connectivity index (χ4n) is 4.93. The predicted octanol–water partition coefficient (Wildman–Crippen LogP) is 5.19. The molecular formula is C26H22ClNO4. The van der Waals surface area contributed by atoms with Gasteiger partial charge < -0.3 is 15.2 Å². The van der Waals surface area contributed by atoms with Crippen molar-refractivity contribution in [2.45, 2.75) is 30.7 Å². The summed E-state index contributed by atoms with van der Waals surface area (Å²) in [6.45, 7) is 0.141. The van der Waals surface area contributed by atoms with E-state index in [2.05, 4.69) is 17.4 Å². The van der Waals surface area contributed by atoms with Crippen LogP contribution in [0.5, 0.6) is 0 Å². The van der Waals surface area contributed by atoms with Gasteiger partial charge in [-0.25, -0.2) is 9.59 Å². The summed E-state index contributed by atoms with van der Waals surface area (Å²) in [6, 6.07) is 21.6. The van der Waals surface area contributed by atoms with E-state index < -0.39 is 17.6 Å². The summed E-state index contributed by atoms with van der Waals surface area (Å²) in [5.74, 6) is -1.14. The first kappa shape index (κ1) is 20.6. The van der Waals surface area contributed by atoms with Crippen LogP contribution in [0.4, 0.5) is 4.79 Å². The highest BCUT2D eigenvalue weighted by Gasteiger charge is 2.43. The van der Waals surface area contributed by atoms with Gasteiger partial charge >= 0.3 is 12.1 Å². The van der Waals surface area contributed by atoms with Gasteiger partial charge in [-0.2, -0.15) is 0 Å². The molecule has 0 spiro atoms. The minimum Gasteiger partial charge on any atom is -0.479 e. The molecule has 1 amide bonds. The van der Waals surface area contributed by atoms with Crippen molar-refractivity contribution in [3.8, 4) is 11.1 Å². The van der Waals surface area contributed by atoms with Crippen LogP contribution in [0.1, 0.15) is 34.6 Å². The normalized spacial score (nSPS) is 18.9. The third-order valence-corrected chi connectivity index (χ3v) is 6.81. The number of carbonyl (C=O) groups excluding carboxylic acids is 1. The highest BCUT2D eigenvalue weighted by atomic mass is 35.5. The van der Waals surface area contributed by atoms with Gasteiger partial charge in [0.15, 0.2) is 0 Å². The molecule has 1 atom stereocenters. The number of aryl methyl sites for hydroxylation is 1. The molecule has 0 saturated carbocycles. The number of carbonyl (C=O) groups is 2. The van der Waals surface area contributed by atoms with E-state index in [-0.39, 0.29) is 25.4 Å². The second-order valence-corrected chi connectivity index (χ2v) is 8.86. The molecule has 0 saturated heterocycles. The molecule has 0 aromatic heterocycles. The number of ether oxygens (including phenoxy) is 1. The van der Waals surface area contributed by atoms with Crippen LogP contribution < -0.4 is 5.32 Å². The van der Waals surface area contributed by atoms with Gasteiger partial charge in [0.1, 0.15) is 12.1 Å². The van der Waals surface area contributed by atoms with Crippen molar-refractivity contribution in [2.24, 2.45) is 0 Å². The monoisotopic (exact) mass is 447 g/mol. The summed E-state index contributed by atoms with van der Waals surface area (Å²) < 4.78 is 5.59. The van der Waals surface area contributed by atoms with Crippen LogP contribution in [0.15, 0.2) is 66.7 Å². The Balaban J connectivity index is 1.32. The van der Waals surface area contributed by atoms with Gasteiger partial charge in [-0.15, -0.1) is 0 Å². The zero-order chi connectivity index (χ0) is 22.3. The average molecular weight is 448 g/mol. The average Bonchev–Trinajstić information content (AvgIpc) is 3.11. The van der Waals surface area contributed by atoms with Crippen LogP contribution in [-0.4, -0.2) is 29.3 Å². The third-order valence-electron chi connectivity index (χ3n) is 6.58. The first-order chi connectivity index (χ1) is 15.5. The molecule has 2 N–H and O–H groups in total. The van der Waals surface area contributed by atoms with E-state index >= 15 is 0 Å². The number of carboxylic acid groups (broad SMARTS) is 1. The van der Waals surface area contributed by atoms with E-state index in [1.54, 1.807) is 6.07 Å². The van der Waals surface area contributed by atoms with E-state index in [9.17, 15) is 14.7 Å². The van der Waals surface area contributed by atoms with Gasteiger partial charge in [-0.05, 0) is 58.4 Å². The minimum atomic E-state index is -1.40. The van der Waals surface area contributed by atoms with Gasteiger partial charge in [0.25, 0.3) is 0 Å². The van der Waals surface area contributed by atoms with Crippen LogP contribution in [0.2, 0.25) is 5.02 Å². The second kappa shape index (κ2) is 7.99. The van der Waals surface area contributed by atoms with E-state index in [0.29, 0.717) is 11.4 Å². The fraction of sp³-hybridized carbons (Fsp3) is 0.231. The van der Waals surface area contributed by atoms with Gasteiger partial charge in [-0.1, -0.05) is 66.2 Å². The lowest BCUT2D eigenvalue weighted by Gasteiger charge is -2.35. The predicted molar refractivity (Wildman–Crippen MR) is 122 cm³/mol. The molecule has 0 radical (unpaired) electrons. The Hall–Kier alpha value is -3.31. The highest BCUT2D eigenvalue weighted by Crippen LogP contribution is 2.44. The topological polar surface area (TPSA) is 75.6 Å². The van der Waals surface area contributed by atoms with E-state index in [4.69, 9.17) is 16.3 Å². The summed E-state index contributed by atoms with van der Waals surface area (Å²) in [5.41, 5.74) is 4.99. The summed E-state index contributed by atoms with van der Waals surface area (Å²) in [7, 11) is 0. The van der Waals surface area contributed by atoms with Crippen molar-refractivity contribution in [3.63, 3.8) is 0 Å². The Labute approximate surface area is 191 Å². The van der Waals surface area contributed by atoms with Crippen LogP contribution in [0, 0.1) is 0 Å². The number of fused-ring (bicyclic) bond motifs is 4. The number of nitrogens with one attached hydrogen (secondary N) is 1. The number of benzene rings is 3. The zero-order valence-electron chi connectivity index (χ0n) is 17.3. The number of aliphatic carboxylic acids is 1. The molecule has 0 bridgehead atoms. The second-order valence-electron chi connectivity index (χ2n) is 8.43. The van der Waals surface area contributed by atoms with Crippen molar-refractivity contribution in [1.29, 1.82) is 0 Å². The summed E-state index contributed by atoms with van der Waals surface area (Å²) in [4.78, 5) is 24.9. The number of rotatable bonds is 4. The van der Waals surface area contributed by atoms with Gasteiger partial charge in [0, 0.05) is 17.4 Å². The van der Waals surface area contributed by atoms with Crippen molar-refractivity contribution in [2.75, 3.05) is 6.61 Å². The molecule has 6 heteroatoms. The quantitative estimate of drug-likeness (QED) is 0.577. The summed E-state index contributed by atoms with van der Waals surface area (Å²) in [6.07, 6.45) is 0.275. The molecule has 1 unspecified atom stereocenters. The van der Waals surface area contributed by atoms with E-state index in [1.165, 1.54) is 0 Å². The fourth-order valence-corrected chi connectivity index (χ4v) is 5.13. The Morgan fingerprint density at radius 2 is 1.66 bits per heavy atom. The molecule has 2 aliphatic rings. The first-order valence-electron chi connectivity index (χ1n) is 10.6. The van der Waals surface area contributed by atoms with Gasteiger partial charge in [0.2, 0.25) is 0 Å². The van der Waals surface area contributed by atoms with Crippen molar-refractivity contribution < 1.29 is 19.4 Å². The van der Waals surface area contributed by atoms with Crippen LogP contribution >= 0.6 is 11.6 Å². The minimum absolute atomic E-state index is 0.0804. The molecule has 32 heavy (non-hydrogen) atoms. The lowest BCUT2D eigenvalue weighted by molar-refractivity contribution is -0.145. The Morgan fingerprint density at radius 1 is 1.00 bits per heavy atom. The molecule has 0 fully saturated rings. The Kier molecular flexibility index (Phi) is 5.14. The van der Waals surface area contributed by atoms with Crippen LogP contribution in [0.25, 0.3) is 11.1 Å². The van der Waals surface area contributed by atoms with Crippen molar-refractivity contribution in [3.05, 3.63) is 94.0 Å².